The molecule has 0 amide bonds. The van der Waals surface area contributed by atoms with Gasteiger partial charge in [0.25, 0.3) is 0 Å². The molecule has 0 aliphatic carbocycles. The fraction of sp³-hybridized carbons (Fsp3) is 0.250. The standard InChI is InChI=1S/C8H4F6/c9-7(10,11)5-1-2-6(4-3-5)8(12,13)14/h1-4H/i1+1,2+1,3+1,4+1,5+1,6+1. The largest absolute Gasteiger partial charge is 0.416 e. The number of benzene rings is 1. The van der Waals surface area contributed by atoms with Gasteiger partial charge < -0.3 is 0 Å². The summed E-state index contributed by atoms with van der Waals surface area (Å²) in [4.78, 5) is 0. The molecule has 1 rings (SSSR count). The van der Waals surface area contributed by atoms with Gasteiger partial charge in [-0.2, -0.15) is 26.3 Å². The molecule has 0 saturated carbocycles. The van der Waals surface area contributed by atoms with E-state index in [1.807, 2.05) is 0 Å². The van der Waals surface area contributed by atoms with Gasteiger partial charge in [-0.1, -0.05) is 0 Å². The Labute approximate surface area is 75.2 Å². The minimum Gasteiger partial charge on any atom is -0.166 e. The molecule has 6 heteroatoms. The van der Waals surface area contributed by atoms with E-state index in [1.54, 1.807) is 0 Å². The SMILES string of the molecule is FC(F)(F)[13c]1[13cH][13cH][13c](C(F)(F)F)[13cH][13cH]1. The quantitative estimate of drug-likeness (QED) is 0.584. The lowest BCUT2D eigenvalue weighted by Crippen LogP contribution is -2.08. The molecule has 14 heavy (non-hydrogen) atoms. The van der Waals surface area contributed by atoms with E-state index >= 15 is 0 Å². The Hall–Kier alpha value is -1.20. The molecule has 1 aromatic carbocycles. The molecule has 0 unspecified atom stereocenters. The van der Waals surface area contributed by atoms with E-state index in [4.69, 9.17) is 0 Å². The van der Waals surface area contributed by atoms with Crippen LogP contribution >= 0.6 is 0 Å². The van der Waals surface area contributed by atoms with E-state index in [0.717, 1.165) is 0 Å². The van der Waals surface area contributed by atoms with Crippen LogP contribution in [0.2, 0.25) is 0 Å². The van der Waals surface area contributed by atoms with Crippen LogP contribution in [0.1, 0.15) is 11.1 Å². The molecule has 0 fully saturated rings. The molecular formula is C8H4F6. The predicted molar refractivity (Wildman–Crippen MR) is 36.4 cm³/mol. The number of hydrogen-bond acceptors (Lipinski definition) is 0. The zero-order valence-corrected chi connectivity index (χ0v) is 6.58. The topological polar surface area (TPSA) is 0 Å². The van der Waals surface area contributed by atoms with Gasteiger partial charge in [0.1, 0.15) is 0 Å². The van der Waals surface area contributed by atoms with Gasteiger partial charge in [-0.05, 0) is 24.3 Å². The van der Waals surface area contributed by atoms with Gasteiger partial charge >= 0.3 is 12.4 Å². The molecule has 0 radical (unpaired) electrons. The third-order valence-electron chi connectivity index (χ3n) is 1.54. The van der Waals surface area contributed by atoms with Crippen molar-refractivity contribution >= 4 is 0 Å². The van der Waals surface area contributed by atoms with Crippen LogP contribution in [0.25, 0.3) is 0 Å². The van der Waals surface area contributed by atoms with Crippen LogP contribution in [0.15, 0.2) is 24.3 Å². The number of rotatable bonds is 0. The fourth-order valence-corrected chi connectivity index (χ4v) is 0.848. The van der Waals surface area contributed by atoms with Crippen molar-refractivity contribution in [3.8, 4) is 0 Å². The molecule has 0 aromatic heterocycles. The molecular weight excluding hydrogens is 216 g/mol. The van der Waals surface area contributed by atoms with E-state index < -0.39 is 23.5 Å². The van der Waals surface area contributed by atoms with Crippen molar-refractivity contribution in [2.75, 3.05) is 0 Å². The lowest BCUT2D eigenvalue weighted by atomic mass is 10.8. The average Bonchev–Trinajstić information content (AvgIpc) is 2.01. The second-order valence-corrected chi connectivity index (χ2v) is 2.57. The first-order valence-corrected chi connectivity index (χ1v) is 3.46. The molecule has 0 heterocycles. The van der Waals surface area contributed by atoms with Crippen LogP contribution in [0, 0.1) is 0 Å². The van der Waals surface area contributed by atoms with Crippen molar-refractivity contribution in [2.24, 2.45) is 0 Å². The number of alkyl halides is 6. The van der Waals surface area contributed by atoms with Gasteiger partial charge in [-0.25, -0.2) is 0 Å². The first-order chi connectivity index (χ1) is 6.21. The molecule has 78 valence electrons. The van der Waals surface area contributed by atoms with Gasteiger partial charge in [-0.3, -0.25) is 0 Å². The van der Waals surface area contributed by atoms with Crippen LogP contribution in [-0.2, 0) is 12.4 Å². The first kappa shape index (κ1) is 10.9. The Morgan fingerprint density at radius 2 is 0.786 bits per heavy atom. The maximum Gasteiger partial charge on any atom is 0.416 e. The smallest absolute Gasteiger partial charge is 0.166 e. The maximum absolute atomic E-state index is 11.9. The zero-order chi connectivity index (χ0) is 11.0. The normalized spacial score (nSPS) is 13.0. The molecule has 0 bridgehead atoms. The Kier molecular flexibility index (Phi) is 2.47. The van der Waals surface area contributed by atoms with E-state index in [-0.39, 0.29) is 0 Å². The highest BCUT2D eigenvalue weighted by molar-refractivity contribution is 5.26. The van der Waals surface area contributed by atoms with Gasteiger partial charge in [0.2, 0.25) is 0 Å². The molecule has 0 atom stereocenters. The third-order valence-corrected chi connectivity index (χ3v) is 1.54. The third kappa shape index (κ3) is 2.40. The van der Waals surface area contributed by atoms with Gasteiger partial charge in [-0.15, -0.1) is 0 Å². The van der Waals surface area contributed by atoms with Gasteiger partial charge in [0.05, 0.1) is 11.1 Å². The first-order valence-electron chi connectivity index (χ1n) is 3.46. The van der Waals surface area contributed by atoms with Crippen LogP contribution < -0.4 is 0 Å². The second kappa shape index (κ2) is 3.18. The Bertz CT molecular complexity index is 271. The molecule has 0 aliphatic rings. The molecule has 0 spiro atoms. The summed E-state index contributed by atoms with van der Waals surface area (Å²) in [5, 5.41) is 0. The summed E-state index contributed by atoms with van der Waals surface area (Å²) in [6, 6.07) is 1.62. The lowest BCUT2D eigenvalue weighted by Gasteiger charge is -2.09. The highest BCUT2D eigenvalue weighted by Crippen LogP contribution is 2.33. The predicted octanol–water partition coefficient (Wildman–Crippen LogP) is 3.72. The Morgan fingerprint density at radius 1 is 0.571 bits per heavy atom. The zero-order valence-electron chi connectivity index (χ0n) is 6.58. The van der Waals surface area contributed by atoms with Gasteiger partial charge in [0.15, 0.2) is 0 Å². The Morgan fingerprint density at radius 3 is 0.929 bits per heavy atom. The van der Waals surface area contributed by atoms with E-state index in [9.17, 15) is 26.3 Å². The molecule has 0 aliphatic heterocycles. The van der Waals surface area contributed by atoms with Crippen molar-refractivity contribution < 1.29 is 26.3 Å². The maximum atomic E-state index is 11.9. The van der Waals surface area contributed by atoms with Crippen molar-refractivity contribution in [3.63, 3.8) is 0 Å². The monoisotopic (exact) mass is 220 g/mol. The van der Waals surface area contributed by atoms with Crippen LogP contribution in [-0.4, -0.2) is 0 Å². The summed E-state index contributed by atoms with van der Waals surface area (Å²) < 4.78 is 71.6. The van der Waals surface area contributed by atoms with Crippen LogP contribution in [0.5, 0.6) is 0 Å². The summed E-state index contributed by atoms with van der Waals surface area (Å²) in [5.74, 6) is 0. The average molecular weight is 220 g/mol. The lowest BCUT2D eigenvalue weighted by molar-refractivity contribution is -0.141. The summed E-state index contributed by atoms with van der Waals surface area (Å²) in [7, 11) is 0. The summed E-state index contributed by atoms with van der Waals surface area (Å²) in [5.41, 5.74) is -2.18. The number of halogens is 6. The highest BCUT2D eigenvalue weighted by Gasteiger charge is 2.33. The molecule has 0 saturated heterocycles. The van der Waals surface area contributed by atoms with Crippen LogP contribution in [0.4, 0.5) is 26.3 Å². The van der Waals surface area contributed by atoms with E-state index in [2.05, 4.69) is 0 Å². The second-order valence-electron chi connectivity index (χ2n) is 2.57. The van der Waals surface area contributed by atoms with E-state index in [1.165, 1.54) is 0 Å². The van der Waals surface area contributed by atoms with Gasteiger partial charge in [0, 0.05) is 0 Å². The number of hydrogen-bond donors (Lipinski definition) is 0. The molecule has 1 aromatic rings. The van der Waals surface area contributed by atoms with Crippen molar-refractivity contribution in [3.05, 3.63) is 35.4 Å². The fourth-order valence-electron chi connectivity index (χ4n) is 0.848. The Balaban J connectivity index is 3.02. The summed E-state index contributed by atoms with van der Waals surface area (Å²) >= 11 is 0. The minimum atomic E-state index is -4.61. The van der Waals surface area contributed by atoms with Crippen molar-refractivity contribution in [1.29, 1.82) is 0 Å². The van der Waals surface area contributed by atoms with Crippen molar-refractivity contribution in [1.82, 2.24) is 0 Å². The molecule has 0 nitrogen and oxygen atoms in total. The highest BCUT2D eigenvalue weighted by atomic mass is 19.4. The van der Waals surface area contributed by atoms with Crippen LogP contribution in [0.3, 0.4) is 0 Å². The summed E-state index contributed by atoms with van der Waals surface area (Å²) in [6.07, 6.45) is -9.21. The van der Waals surface area contributed by atoms with E-state index in [0.29, 0.717) is 24.3 Å². The minimum absolute atomic E-state index is 0.406. The summed E-state index contributed by atoms with van der Waals surface area (Å²) in [6.45, 7) is 0. The van der Waals surface area contributed by atoms with Crippen molar-refractivity contribution in [2.45, 2.75) is 12.4 Å². The molecule has 0 N–H and O–H groups in total.